The molecule has 9 nitrogen and oxygen atoms in total. The van der Waals surface area contributed by atoms with E-state index in [9.17, 15) is 0 Å². The topological polar surface area (TPSA) is 70.2 Å². The molecule has 0 aliphatic carbocycles. The molecule has 0 spiro atoms. The Kier molecular flexibility index (Phi) is 7.16. The van der Waals surface area contributed by atoms with Gasteiger partial charge in [0.25, 0.3) is 0 Å². The van der Waals surface area contributed by atoms with E-state index in [4.69, 9.17) is 28.4 Å². The number of aromatic nitrogens is 3. The highest BCUT2D eigenvalue weighted by Crippen LogP contribution is 2.52. The minimum absolute atomic E-state index is 0.647. The lowest BCUT2D eigenvalue weighted by Gasteiger charge is -2.22. The fourth-order valence-electron chi connectivity index (χ4n) is 10.8. The van der Waals surface area contributed by atoms with Gasteiger partial charge < -0.3 is 42.1 Å². The molecule has 0 radical (unpaired) electrons. The third-order valence-electron chi connectivity index (χ3n) is 13.7. The lowest BCUT2D eigenvalue weighted by atomic mass is 10.1. The van der Waals surface area contributed by atoms with Crippen LogP contribution in [0.4, 0.5) is 0 Å². The largest absolute Gasteiger partial charge is 0.449 e. The standard InChI is InChI=1S/C60H33N3O6/c1-4-16-43-37(13-1)40-28-55-58(67-52-22-10-7-19-49(52)64-55)31-46(40)61(43)34-25-35(62-44-17-5-2-14-38(44)41-29-56-59(32-47(41)62)68-53-23-11-8-20-50(53)65-56)27-36(26-34)63-45-18-6-3-15-39(45)42-30-57-60(33-48(42)63)69-54-24-12-9-21-51(54)66-57/h1-33H. The fraction of sp³-hybridized carbons (Fsp3) is 0. The van der Waals surface area contributed by atoms with E-state index in [2.05, 4.69) is 141 Å². The molecule has 324 valence electrons. The van der Waals surface area contributed by atoms with Gasteiger partial charge in [0.2, 0.25) is 0 Å². The Morgan fingerprint density at radius 2 is 0.420 bits per heavy atom. The first-order chi connectivity index (χ1) is 34.1. The van der Waals surface area contributed by atoms with E-state index in [0.717, 1.165) is 82.5 Å². The fourth-order valence-corrected chi connectivity index (χ4v) is 10.8. The first kappa shape index (κ1) is 36.6. The predicted molar refractivity (Wildman–Crippen MR) is 269 cm³/mol. The summed E-state index contributed by atoms with van der Waals surface area (Å²) in [6.07, 6.45) is 0. The lowest BCUT2D eigenvalue weighted by molar-refractivity contribution is 0.360. The zero-order valence-corrected chi connectivity index (χ0v) is 36.3. The maximum atomic E-state index is 6.57. The van der Waals surface area contributed by atoms with Gasteiger partial charge in [0.1, 0.15) is 0 Å². The van der Waals surface area contributed by atoms with Crippen LogP contribution >= 0.6 is 0 Å². The van der Waals surface area contributed by atoms with E-state index >= 15 is 0 Å². The number of ether oxygens (including phenoxy) is 6. The molecule has 3 aromatic heterocycles. The number of benzene rings is 10. The molecule has 0 bridgehead atoms. The van der Waals surface area contributed by atoms with Crippen LogP contribution in [0.25, 0.3) is 82.5 Å². The van der Waals surface area contributed by atoms with Crippen molar-refractivity contribution in [1.29, 1.82) is 0 Å². The molecule has 6 heterocycles. The SMILES string of the molecule is c1ccc2c(c1)Oc1cc3c4ccccc4n(-c4cc(-n5c6ccccc6c6cc7c(cc65)Oc5ccccc5O7)cc(-n5c6ccccc6c6cc7c(cc65)Oc5ccccc5O7)c4)c3cc1O2. The van der Waals surface area contributed by atoms with Gasteiger partial charge in [-0.25, -0.2) is 0 Å². The summed E-state index contributed by atoms with van der Waals surface area (Å²) in [7, 11) is 0. The van der Waals surface area contributed by atoms with Crippen LogP contribution in [-0.4, -0.2) is 13.7 Å². The average Bonchev–Trinajstić information content (AvgIpc) is 4.01. The molecule has 0 saturated carbocycles. The van der Waals surface area contributed by atoms with Gasteiger partial charge in [0.05, 0.1) is 50.2 Å². The molecule has 0 fully saturated rings. The summed E-state index contributed by atoms with van der Waals surface area (Å²) in [5.74, 6) is 8.04. The Hall–Kier alpha value is -9.60. The zero-order valence-electron chi connectivity index (χ0n) is 36.3. The predicted octanol–water partition coefficient (Wildman–Crippen LogP) is 16.7. The highest BCUT2D eigenvalue weighted by Gasteiger charge is 2.27. The van der Waals surface area contributed by atoms with E-state index in [1.54, 1.807) is 0 Å². The Morgan fingerprint density at radius 1 is 0.188 bits per heavy atom. The van der Waals surface area contributed by atoms with E-state index in [0.29, 0.717) is 69.0 Å². The zero-order chi connectivity index (χ0) is 44.9. The maximum absolute atomic E-state index is 6.57. The number of para-hydroxylation sites is 9. The Bertz CT molecular complexity index is 3950. The van der Waals surface area contributed by atoms with Crippen molar-refractivity contribution < 1.29 is 28.4 Å². The smallest absolute Gasteiger partial charge is 0.172 e. The van der Waals surface area contributed by atoms with Crippen molar-refractivity contribution in [3.05, 3.63) is 200 Å². The molecule has 3 aliphatic rings. The molecule has 0 N–H and O–H groups in total. The second kappa shape index (κ2) is 13.5. The number of rotatable bonds is 3. The molecular formula is C60H33N3O6. The summed E-state index contributed by atoms with van der Waals surface area (Å²) in [5, 5.41) is 6.40. The third kappa shape index (κ3) is 5.23. The average molecular weight is 892 g/mol. The van der Waals surface area contributed by atoms with Crippen molar-refractivity contribution in [2.24, 2.45) is 0 Å². The van der Waals surface area contributed by atoms with E-state index in [-0.39, 0.29) is 0 Å². The molecule has 16 rings (SSSR count). The Balaban J connectivity index is 0.997. The minimum atomic E-state index is 0.647. The van der Waals surface area contributed by atoms with Crippen LogP contribution in [0, 0.1) is 0 Å². The minimum Gasteiger partial charge on any atom is -0.449 e. The van der Waals surface area contributed by atoms with Crippen LogP contribution < -0.4 is 28.4 Å². The molecule has 0 atom stereocenters. The number of hydrogen-bond acceptors (Lipinski definition) is 6. The first-order valence-electron chi connectivity index (χ1n) is 22.9. The quantitative estimate of drug-likeness (QED) is 0.176. The summed E-state index contributed by atoms with van der Waals surface area (Å²) in [6, 6.07) is 68.5. The maximum Gasteiger partial charge on any atom is 0.172 e. The van der Waals surface area contributed by atoms with Crippen LogP contribution in [0.15, 0.2) is 200 Å². The van der Waals surface area contributed by atoms with E-state index in [1.807, 2.05) is 72.8 Å². The van der Waals surface area contributed by atoms with Crippen LogP contribution in [-0.2, 0) is 0 Å². The van der Waals surface area contributed by atoms with Gasteiger partial charge in [-0.05, 0) is 91.0 Å². The molecular weight excluding hydrogens is 859 g/mol. The van der Waals surface area contributed by atoms with Gasteiger partial charge >= 0.3 is 0 Å². The summed E-state index contributed by atoms with van der Waals surface area (Å²) in [5.41, 5.74) is 8.87. The van der Waals surface area contributed by atoms with Gasteiger partial charge in [-0.3, -0.25) is 0 Å². The van der Waals surface area contributed by atoms with Gasteiger partial charge in [-0.2, -0.15) is 0 Å². The van der Waals surface area contributed by atoms with E-state index in [1.165, 1.54) is 0 Å². The molecule has 0 saturated heterocycles. The Morgan fingerprint density at radius 3 is 0.696 bits per heavy atom. The molecule has 3 aliphatic heterocycles. The monoisotopic (exact) mass is 891 g/mol. The van der Waals surface area contributed by atoms with E-state index < -0.39 is 0 Å². The molecule has 13 aromatic rings. The van der Waals surface area contributed by atoms with Crippen LogP contribution in [0.2, 0.25) is 0 Å². The second-order valence-electron chi connectivity index (χ2n) is 17.7. The Labute approximate surface area is 392 Å². The third-order valence-corrected chi connectivity index (χ3v) is 13.7. The molecule has 69 heavy (non-hydrogen) atoms. The number of hydrogen-bond donors (Lipinski definition) is 0. The summed E-state index contributed by atoms with van der Waals surface area (Å²) >= 11 is 0. The molecule has 0 amide bonds. The highest BCUT2D eigenvalue weighted by atomic mass is 16.6. The van der Waals surface area contributed by atoms with Crippen molar-refractivity contribution in [2.45, 2.75) is 0 Å². The van der Waals surface area contributed by atoms with Gasteiger partial charge in [0, 0.05) is 50.5 Å². The van der Waals surface area contributed by atoms with Crippen molar-refractivity contribution in [3.63, 3.8) is 0 Å². The molecule has 0 unspecified atom stereocenters. The lowest BCUT2D eigenvalue weighted by Crippen LogP contribution is -2.04. The summed E-state index contributed by atoms with van der Waals surface area (Å²) in [4.78, 5) is 0. The normalized spacial score (nSPS) is 13.0. The van der Waals surface area contributed by atoms with Crippen molar-refractivity contribution in [1.82, 2.24) is 13.7 Å². The van der Waals surface area contributed by atoms with Crippen LogP contribution in [0.1, 0.15) is 0 Å². The highest BCUT2D eigenvalue weighted by molar-refractivity contribution is 6.13. The summed E-state index contributed by atoms with van der Waals surface area (Å²) < 4.78 is 46.2. The first-order valence-corrected chi connectivity index (χ1v) is 22.9. The number of nitrogens with zero attached hydrogens (tertiary/aromatic N) is 3. The number of fused-ring (bicyclic) bond motifs is 15. The second-order valence-corrected chi connectivity index (χ2v) is 17.7. The van der Waals surface area contributed by atoms with Gasteiger partial charge in [-0.15, -0.1) is 0 Å². The summed E-state index contributed by atoms with van der Waals surface area (Å²) in [6.45, 7) is 0. The van der Waals surface area contributed by atoms with Gasteiger partial charge in [-0.1, -0.05) is 91.0 Å². The van der Waals surface area contributed by atoms with Crippen molar-refractivity contribution in [3.8, 4) is 86.1 Å². The molecule has 9 heteroatoms. The van der Waals surface area contributed by atoms with Crippen LogP contribution in [0.5, 0.6) is 69.0 Å². The van der Waals surface area contributed by atoms with Crippen LogP contribution in [0.3, 0.4) is 0 Å². The van der Waals surface area contributed by atoms with Crippen molar-refractivity contribution >= 4 is 65.4 Å². The molecule has 10 aromatic carbocycles. The van der Waals surface area contributed by atoms with Crippen molar-refractivity contribution in [2.75, 3.05) is 0 Å². The van der Waals surface area contributed by atoms with Gasteiger partial charge in [0.15, 0.2) is 69.0 Å².